The van der Waals surface area contributed by atoms with Gasteiger partial charge in [0.05, 0.1) is 6.61 Å². The van der Waals surface area contributed by atoms with Crippen molar-refractivity contribution in [1.29, 1.82) is 0 Å². The van der Waals surface area contributed by atoms with Crippen LogP contribution in [0.4, 0.5) is 0 Å². The van der Waals surface area contributed by atoms with Crippen LogP contribution < -0.4 is 5.73 Å². The third kappa shape index (κ3) is 3.24. The Balaban J connectivity index is 2.87. The lowest BCUT2D eigenvalue weighted by Gasteiger charge is -2.20. The summed E-state index contributed by atoms with van der Waals surface area (Å²) < 4.78 is 15.7. The summed E-state index contributed by atoms with van der Waals surface area (Å²) in [6.45, 7) is 8.35. The third-order valence-electron chi connectivity index (χ3n) is 2.57. The molecule has 1 atom stereocenters. The number of nitrogens with zero attached hydrogens (tertiary/aromatic N) is 2. The monoisotopic (exact) mass is 243 g/mol. The van der Waals surface area contributed by atoms with Gasteiger partial charge in [-0.25, -0.2) is 0 Å². The van der Waals surface area contributed by atoms with Crippen molar-refractivity contribution in [3.8, 4) is 0 Å². The molecule has 0 amide bonds. The van der Waals surface area contributed by atoms with Crippen LogP contribution in [-0.2, 0) is 20.6 Å². The van der Waals surface area contributed by atoms with E-state index in [2.05, 4.69) is 10.1 Å². The van der Waals surface area contributed by atoms with Crippen molar-refractivity contribution >= 4 is 0 Å². The molecule has 0 saturated carbocycles. The lowest BCUT2D eigenvalue weighted by atomic mass is 10.0. The molecule has 1 unspecified atom stereocenters. The predicted octanol–water partition coefficient (Wildman–Crippen LogP) is 1.16. The maximum Gasteiger partial charge on any atom is 0.258 e. The Hall–Kier alpha value is -0.980. The summed E-state index contributed by atoms with van der Waals surface area (Å²) in [4.78, 5) is 4.27. The lowest BCUT2D eigenvalue weighted by molar-refractivity contribution is -0.00787. The maximum atomic E-state index is 6.07. The molecule has 0 spiro atoms. The van der Waals surface area contributed by atoms with Crippen LogP contribution in [0.3, 0.4) is 0 Å². The Labute approximate surface area is 101 Å². The molecule has 17 heavy (non-hydrogen) atoms. The minimum absolute atomic E-state index is 0.343. The zero-order valence-electron chi connectivity index (χ0n) is 11.1. The molecular formula is C11H21N3O3. The lowest BCUT2D eigenvalue weighted by Crippen LogP contribution is -2.39. The fraction of sp³-hybridized carbons (Fsp3) is 0.818. The average Bonchev–Trinajstić information content (AvgIpc) is 2.77. The second-order valence-electron chi connectivity index (χ2n) is 4.69. The Bertz CT molecular complexity index is 361. The zero-order chi connectivity index (χ0) is 13.1. The van der Waals surface area contributed by atoms with Gasteiger partial charge in [-0.3, -0.25) is 0 Å². The standard InChI is InChI=1S/C11H21N3O3/c1-6-16-7-11(4,12)8-13-9(17-14-8)10(2,3)15-5/h6-7,12H2,1-5H3. The topological polar surface area (TPSA) is 83.4 Å². The van der Waals surface area contributed by atoms with Gasteiger partial charge in [-0.1, -0.05) is 5.16 Å². The van der Waals surface area contributed by atoms with E-state index in [0.717, 1.165) is 0 Å². The highest BCUT2D eigenvalue weighted by atomic mass is 16.5. The summed E-state index contributed by atoms with van der Waals surface area (Å²) in [5, 5.41) is 3.88. The smallest absolute Gasteiger partial charge is 0.258 e. The SMILES string of the molecule is CCOCC(C)(N)c1noc(C(C)(C)OC)n1. The van der Waals surface area contributed by atoms with Gasteiger partial charge in [-0.15, -0.1) is 0 Å². The Morgan fingerprint density at radius 2 is 2.00 bits per heavy atom. The molecule has 0 fully saturated rings. The van der Waals surface area contributed by atoms with Crippen LogP contribution in [0.15, 0.2) is 4.52 Å². The van der Waals surface area contributed by atoms with Gasteiger partial charge < -0.3 is 19.7 Å². The van der Waals surface area contributed by atoms with Crippen molar-refractivity contribution in [3.63, 3.8) is 0 Å². The molecule has 98 valence electrons. The van der Waals surface area contributed by atoms with Crippen LogP contribution in [0.2, 0.25) is 0 Å². The Kier molecular flexibility index (Phi) is 4.24. The third-order valence-corrected chi connectivity index (χ3v) is 2.57. The van der Waals surface area contributed by atoms with E-state index in [4.69, 9.17) is 19.7 Å². The van der Waals surface area contributed by atoms with Gasteiger partial charge in [0.2, 0.25) is 0 Å². The fourth-order valence-electron chi connectivity index (χ4n) is 1.17. The largest absolute Gasteiger partial charge is 0.379 e. The number of methoxy groups -OCH3 is 1. The van der Waals surface area contributed by atoms with Gasteiger partial charge in [0.1, 0.15) is 11.1 Å². The van der Waals surface area contributed by atoms with Crippen LogP contribution in [0.5, 0.6) is 0 Å². The normalized spacial score (nSPS) is 15.9. The summed E-state index contributed by atoms with van der Waals surface area (Å²) in [5.41, 5.74) is 4.69. The molecule has 1 aromatic rings. The number of nitrogens with two attached hydrogens (primary N) is 1. The molecule has 0 radical (unpaired) electrons. The summed E-state index contributed by atoms with van der Waals surface area (Å²) in [6, 6.07) is 0. The van der Waals surface area contributed by atoms with Crippen molar-refractivity contribution in [2.45, 2.75) is 38.8 Å². The molecular weight excluding hydrogens is 222 g/mol. The zero-order valence-corrected chi connectivity index (χ0v) is 11.1. The van der Waals surface area contributed by atoms with E-state index in [1.165, 1.54) is 0 Å². The van der Waals surface area contributed by atoms with E-state index in [0.29, 0.717) is 24.9 Å². The van der Waals surface area contributed by atoms with Gasteiger partial charge >= 0.3 is 0 Å². The van der Waals surface area contributed by atoms with Gasteiger partial charge in [0, 0.05) is 13.7 Å². The van der Waals surface area contributed by atoms with Crippen molar-refractivity contribution in [1.82, 2.24) is 10.1 Å². The molecule has 0 saturated heterocycles. The first-order valence-corrected chi connectivity index (χ1v) is 5.60. The molecule has 1 heterocycles. The average molecular weight is 243 g/mol. The molecule has 2 N–H and O–H groups in total. The van der Waals surface area contributed by atoms with Crippen molar-refractivity contribution in [3.05, 3.63) is 11.7 Å². The van der Waals surface area contributed by atoms with E-state index >= 15 is 0 Å². The maximum absolute atomic E-state index is 6.07. The summed E-state index contributed by atoms with van der Waals surface area (Å²) in [5.74, 6) is 0.828. The fourth-order valence-corrected chi connectivity index (χ4v) is 1.17. The van der Waals surface area contributed by atoms with Crippen LogP contribution in [0.1, 0.15) is 39.4 Å². The molecule has 0 aromatic carbocycles. The number of aromatic nitrogens is 2. The summed E-state index contributed by atoms with van der Waals surface area (Å²) in [7, 11) is 1.59. The minimum Gasteiger partial charge on any atom is -0.379 e. The van der Waals surface area contributed by atoms with E-state index in [1.807, 2.05) is 20.8 Å². The predicted molar refractivity (Wildman–Crippen MR) is 62.4 cm³/mol. The molecule has 1 aromatic heterocycles. The number of hydrogen-bond donors (Lipinski definition) is 1. The second kappa shape index (κ2) is 5.12. The number of ether oxygens (including phenoxy) is 2. The molecule has 0 aliphatic carbocycles. The van der Waals surface area contributed by atoms with Crippen LogP contribution in [0, 0.1) is 0 Å². The van der Waals surface area contributed by atoms with E-state index in [9.17, 15) is 0 Å². The van der Waals surface area contributed by atoms with Crippen LogP contribution in [0.25, 0.3) is 0 Å². The molecule has 0 aliphatic rings. The Morgan fingerprint density at radius 3 is 2.53 bits per heavy atom. The first kappa shape index (κ1) is 14.1. The van der Waals surface area contributed by atoms with Crippen molar-refractivity contribution < 1.29 is 14.0 Å². The van der Waals surface area contributed by atoms with Crippen molar-refractivity contribution in [2.75, 3.05) is 20.3 Å². The first-order valence-electron chi connectivity index (χ1n) is 5.60. The summed E-state index contributed by atoms with van der Waals surface area (Å²) in [6.07, 6.45) is 0. The number of rotatable bonds is 6. The second-order valence-corrected chi connectivity index (χ2v) is 4.69. The van der Waals surface area contributed by atoms with Crippen molar-refractivity contribution in [2.24, 2.45) is 5.73 Å². The van der Waals surface area contributed by atoms with E-state index < -0.39 is 11.1 Å². The van der Waals surface area contributed by atoms with E-state index in [1.54, 1.807) is 14.0 Å². The van der Waals surface area contributed by atoms with Gasteiger partial charge in [0.25, 0.3) is 5.89 Å². The molecule has 6 heteroatoms. The molecule has 0 aliphatic heterocycles. The summed E-state index contributed by atoms with van der Waals surface area (Å²) >= 11 is 0. The molecule has 1 rings (SSSR count). The highest BCUT2D eigenvalue weighted by molar-refractivity contribution is 5.04. The van der Waals surface area contributed by atoms with Crippen LogP contribution in [-0.4, -0.2) is 30.5 Å². The minimum atomic E-state index is -0.762. The van der Waals surface area contributed by atoms with Gasteiger partial charge in [-0.2, -0.15) is 4.98 Å². The highest BCUT2D eigenvalue weighted by Gasteiger charge is 2.32. The number of hydrogen-bond acceptors (Lipinski definition) is 6. The molecule has 0 bridgehead atoms. The highest BCUT2D eigenvalue weighted by Crippen LogP contribution is 2.24. The van der Waals surface area contributed by atoms with E-state index in [-0.39, 0.29) is 0 Å². The van der Waals surface area contributed by atoms with Crippen LogP contribution >= 0.6 is 0 Å². The first-order chi connectivity index (χ1) is 7.83. The van der Waals surface area contributed by atoms with Gasteiger partial charge in [0.15, 0.2) is 5.82 Å². The molecule has 6 nitrogen and oxygen atoms in total. The van der Waals surface area contributed by atoms with Gasteiger partial charge in [-0.05, 0) is 27.7 Å². The Morgan fingerprint density at radius 1 is 1.35 bits per heavy atom. The quantitative estimate of drug-likeness (QED) is 0.807.